The number of hydrogen-bond donors (Lipinski definition) is 1. The van der Waals surface area contributed by atoms with Crippen LogP contribution in [-0.2, 0) is 0 Å². The Morgan fingerprint density at radius 3 is 2.35 bits per heavy atom. The molecule has 3 rings (SSSR count). The van der Waals surface area contributed by atoms with Crippen LogP contribution in [0.2, 0.25) is 0 Å². The van der Waals surface area contributed by atoms with Crippen molar-refractivity contribution in [3.05, 3.63) is 88.9 Å². The molecule has 3 aromatic rings. The molecule has 0 spiro atoms. The van der Waals surface area contributed by atoms with Crippen LogP contribution in [0.15, 0.2) is 83.3 Å². The van der Waals surface area contributed by atoms with Crippen molar-refractivity contribution >= 4 is 27.5 Å². The van der Waals surface area contributed by atoms with Gasteiger partial charge in [-0.1, -0.05) is 46.3 Å². The molecule has 0 saturated heterocycles. The Labute approximate surface area is 143 Å². The van der Waals surface area contributed by atoms with Gasteiger partial charge >= 0.3 is 0 Å². The van der Waals surface area contributed by atoms with E-state index >= 15 is 0 Å². The van der Waals surface area contributed by atoms with Crippen molar-refractivity contribution in [3.63, 3.8) is 0 Å². The van der Waals surface area contributed by atoms with Gasteiger partial charge in [-0.15, -0.1) is 0 Å². The highest BCUT2D eigenvalue weighted by Crippen LogP contribution is 2.24. The summed E-state index contributed by atoms with van der Waals surface area (Å²) in [4.78, 5) is 12.3. The zero-order valence-electron chi connectivity index (χ0n) is 12.2. The van der Waals surface area contributed by atoms with E-state index in [2.05, 4.69) is 21.2 Å². The van der Waals surface area contributed by atoms with Crippen molar-refractivity contribution in [1.82, 2.24) is 0 Å². The Hall–Kier alpha value is -2.59. The predicted octanol–water partition coefficient (Wildman–Crippen LogP) is 5.49. The van der Waals surface area contributed by atoms with E-state index in [0.29, 0.717) is 17.0 Å². The van der Waals surface area contributed by atoms with Gasteiger partial charge in [-0.25, -0.2) is 0 Å². The monoisotopic (exact) mass is 367 g/mol. The standard InChI is InChI=1S/C19H14BrNO2/c20-15-7-4-6-14(12-15)19(22)21-16-8-5-11-18(13-16)23-17-9-2-1-3-10-17/h1-13H,(H,21,22). The quantitative estimate of drug-likeness (QED) is 0.661. The fraction of sp³-hybridized carbons (Fsp3) is 0. The maximum absolute atomic E-state index is 12.3. The third-order valence-corrected chi connectivity index (χ3v) is 3.65. The SMILES string of the molecule is O=C(Nc1cccc(Oc2ccccc2)c1)c1cccc(Br)c1. The van der Waals surface area contributed by atoms with Crippen LogP contribution in [0.3, 0.4) is 0 Å². The highest BCUT2D eigenvalue weighted by molar-refractivity contribution is 9.10. The lowest BCUT2D eigenvalue weighted by molar-refractivity contribution is 0.102. The van der Waals surface area contributed by atoms with Gasteiger partial charge in [0.05, 0.1) is 0 Å². The number of ether oxygens (including phenoxy) is 1. The van der Waals surface area contributed by atoms with Crippen LogP contribution in [0.4, 0.5) is 5.69 Å². The molecule has 0 aromatic heterocycles. The summed E-state index contributed by atoms with van der Waals surface area (Å²) in [6, 6.07) is 24.1. The fourth-order valence-corrected chi connectivity index (χ4v) is 2.49. The summed E-state index contributed by atoms with van der Waals surface area (Å²) >= 11 is 3.36. The second-order valence-electron chi connectivity index (χ2n) is 4.91. The van der Waals surface area contributed by atoms with E-state index < -0.39 is 0 Å². The first-order valence-corrected chi connectivity index (χ1v) is 7.90. The Bertz CT molecular complexity index is 818. The van der Waals surface area contributed by atoms with Crippen molar-refractivity contribution in [2.24, 2.45) is 0 Å². The molecular weight excluding hydrogens is 354 g/mol. The van der Waals surface area contributed by atoms with Crippen molar-refractivity contribution in [3.8, 4) is 11.5 Å². The zero-order chi connectivity index (χ0) is 16.1. The summed E-state index contributed by atoms with van der Waals surface area (Å²) in [5, 5.41) is 2.87. The molecule has 0 heterocycles. The first-order valence-electron chi connectivity index (χ1n) is 7.10. The van der Waals surface area contributed by atoms with Crippen LogP contribution in [0.1, 0.15) is 10.4 Å². The summed E-state index contributed by atoms with van der Waals surface area (Å²) in [7, 11) is 0. The van der Waals surface area contributed by atoms with Crippen LogP contribution in [-0.4, -0.2) is 5.91 Å². The van der Waals surface area contributed by atoms with Crippen LogP contribution < -0.4 is 10.1 Å². The molecule has 1 amide bonds. The molecule has 0 aliphatic rings. The average molecular weight is 368 g/mol. The molecule has 0 unspecified atom stereocenters. The fourth-order valence-electron chi connectivity index (χ4n) is 2.09. The number of benzene rings is 3. The Morgan fingerprint density at radius 1 is 0.826 bits per heavy atom. The topological polar surface area (TPSA) is 38.3 Å². The number of nitrogens with one attached hydrogen (secondary N) is 1. The van der Waals surface area contributed by atoms with Crippen LogP contribution in [0, 0.1) is 0 Å². The molecule has 3 aromatic carbocycles. The van der Waals surface area contributed by atoms with E-state index in [1.54, 1.807) is 18.2 Å². The van der Waals surface area contributed by atoms with Crippen molar-refractivity contribution in [2.45, 2.75) is 0 Å². The predicted molar refractivity (Wildman–Crippen MR) is 95.1 cm³/mol. The molecule has 0 bridgehead atoms. The van der Waals surface area contributed by atoms with Crippen LogP contribution >= 0.6 is 15.9 Å². The zero-order valence-corrected chi connectivity index (χ0v) is 13.8. The van der Waals surface area contributed by atoms with Gasteiger partial charge in [0, 0.05) is 21.8 Å². The number of anilines is 1. The second kappa shape index (κ2) is 7.11. The molecule has 114 valence electrons. The molecule has 23 heavy (non-hydrogen) atoms. The van der Waals surface area contributed by atoms with E-state index in [1.807, 2.05) is 60.7 Å². The molecule has 0 saturated carbocycles. The van der Waals surface area contributed by atoms with Gasteiger partial charge in [0.2, 0.25) is 0 Å². The van der Waals surface area contributed by atoms with Gasteiger partial charge in [0.15, 0.2) is 0 Å². The number of rotatable bonds is 4. The van der Waals surface area contributed by atoms with E-state index in [-0.39, 0.29) is 5.91 Å². The van der Waals surface area contributed by atoms with E-state index in [9.17, 15) is 4.79 Å². The highest BCUT2D eigenvalue weighted by atomic mass is 79.9. The number of carbonyl (C=O) groups is 1. The summed E-state index contributed by atoms with van der Waals surface area (Å²) in [6.45, 7) is 0. The lowest BCUT2D eigenvalue weighted by atomic mass is 10.2. The number of amides is 1. The third kappa shape index (κ3) is 4.20. The molecule has 0 aliphatic carbocycles. The number of hydrogen-bond acceptors (Lipinski definition) is 2. The minimum Gasteiger partial charge on any atom is -0.457 e. The van der Waals surface area contributed by atoms with Gasteiger partial charge in [-0.2, -0.15) is 0 Å². The third-order valence-electron chi connectivity index (χ3n) is 3.16. The van der Waals surface area contributed by atoms with Gasteiger partial charge in [0.1, 0.15) is 11.5 Å². The lowest BCUT2D eigenvalue weighted by Gasteiger charge is -2.09. The molecular formula is C19H14BrNO2. The summed E-state index contributed by atoms with van der Waals surface area (Å²) in [6.07, 6.45) is 0. The van der Waals surface area contributed by atoms with Crippen molar-refractivity contribution in [2.75, 3.05) is 5.32 Å². The first kappa shape index (κ1) is 15.3. The average Bonchev–Trinajstić information content (AvgIpc) is 2.56. The summed E-state index contributed by atoms with van der Waals surface area (Å²) < 4.78 is 6.63. The molecule has 0 aliphatic heterocycles. The Morgan fingerprint density at radius 2 is 1.57 bits per heavy atom. The van der Waals surface area contributed by atoms with Crippen LogP contribution in [0.25, 0.3) is 0 Å². The van der Waals surface area contributed by atoms with E-state index in [0.717, 1.165) is 10.2 Å². The largest absolute Gasteiger partial charge is 0.457 e. The second-order valence-corrected chi connectivity index (χ2v) is 5.82. The molecule has 4 heteroatoms. The summed E-state index contributed by atoms with van der Waals surface area (Å²) in [5.41, 5.74) is 1.28. The number of para-hydroxylation sites is 1. The van der Waals surface area contributed by atoms with Gasteiger partial charge in [-0.3, -0.25) is 4.79 Å². The normalized spacial score (nSPS) is 10.1. The van der Waals surface area contributed by atoms with Crippen molar-refractivity contribution < 1.29 is 9.53 Å². The molecule has 1 N–H and O–H groups in total. The number of halogens is 1. The van der Waals surface area contributed by atoms with Gasteiger partial charge in [0.25, 0.3) is 5.91 Å². The van der Waals surface area contributed by atoms with E-state index in [4.69, 9.17) is 4.74 Å². The lowest BCUT2D eigenvalue weighted by Crippen LogP contribution is -2.11. The molecule has 3 nitrogen and oxygen atoms in total. The molecule has 0 atom stereocenters. The summed E-state index contributed by atoms with van der Waals surface area (Å²) in [5.74, 6) is 1.26. The highest BCUT2D eigenvalue weighted by Gasteiger charge is 2.07. The van der Waals surface area contributed by atoms with Crippen LogP contribution in [0.5, 0.6) is 11.5 Å². The Balaban J connectivity index is 1.74. The van der Waals surface area contributed by atoms with Crippen molar-refractivity contribution in [1.29, 1.82) is 0 Å². The smallest absolute Gasteiger partial charge is 0.255 e. The maximum atomic E-state index is 12.3. The molecule has 0 radical (unpaired) electrons. The first-order chi connectivity index (χ1) is 11.2. The number of carbonyl (C=O) groups excluding carboxylic acids is 1. The van der Waals surface area contributed by atoms with Gasteiger partial charge < -0.3 is 10.1 Å². The maximum Gasteiger partial charge on any atom is 0.255 e. The van der Waals surface area contributed by atoms with Gasteiger partial charge in [-0.05, 0) is 42.5 Å². The minimum absolute atomic E-state index is 0.164. The molecule has 0 fully saturated rings. The Kier molecular flexibility index (Phi) is 4.74. The minimum atomic E-state index is -0.164. The van der Waals surface area contributed by atoms with E-state index in [1.165, 1.54) is 0 Å².